The van der Waals surface area contributed by atoms with Crippen molar-refractivity contribution in [2.45, 2.75) is 20.3 Å². The monoisotopic (exact) mass is 342 g/mol. The molecular weight excluding hydrogens is 320 g/mol. The number of benzene rings is 1. The van der Waals surface area contributed by atoms with Crippen molar-refractivity contribution in [2.75, 3.05) is 25.6 Å². The highest BCUT2D eigenvalue weighted by Gasteiger charge is 2.10. The molecule has 2 N–H and O–H groups in total. The van der Waals surface area contributed by atoms with Gasteiger partial charge in [0.2, 0.25) is 5.95 Å². The number of ketones is 1. The minimum absolute atomic E-state index is 0.00536. The molecule has 0 radical (unpaired) electrons. The number of Topliss-reactive ketones (excluding diaryl/α,β-unsaturated/α-hetero) is 1. The smallest absolute Gasteiger partial charge is 0.270 e. The van der Waals surface area contributed by atoms with E-state index in [2.05, 4.69) is 20.6 Å². The van der Waals surface area contributed by atoms with Crippen molar-refractivity contribution in [3.05, 3.63) is 47.3 Å². The molecule has 0 atom stereocenters. The minimum atomic E-state index is -0.253. The van der Waals surface area contributed by atoms with Crippen LogP contribution in [0.25, 0.3) is 0 Å². The molecule has 132 valence electrons. The third kappa shape index (κ3) is 5.65. The molecule has 2 aromatic rings. The molecule has 1 aromatic carbocycles. The first kappa shape index (κ1) is 18.5. The number of amides is 1. The summed E-state index contributed by atoms with van der Waals surface area (Å²) in [6, 6.07) is 8.63. The second kappa shape index (κ2) is 8.89. The van der Waals surface area contributed by atoms with E-state index < -0.39 is 0 Å². The van der Waals surface area contributed by atoms with Gasteiger partial charge in [-0.1, -0.05) is 0 Å². The van der Waals surface area contributed by atoms with E-state index in [1.54, 1.807) is 44.4 Å². The number of carbonyl (C=O) groups is 2. The third-order valence-corrected chi connectivity index (χ3v) is 3.45. The van der Waals surface area contributed by atoms with Gasteiger partial charge in [0.1, 0.15) is 5.69 Å². The zero-order valence-electron chi connectivity index (χ0n) is 14.6. The Kier molecular flexibility index (Phi) is 6.59. The van der Waals surface area contributed by atoms with Crippen LogP contribution in [0.3, 0.4) is 0 Å². The molecule has 0 unspecified atom stereocenters. The summed E-state index contributed by atoms with van der Waals surface area (Å²) in [5.41, 5.74) is 2.35. The number of aryl methyl sites for hydroxylation is 1. The van der Waals surface area contributed by atoms with Crippen LogP contribution in [0.2, 0.25) is 0 Å². The molecular formula is C18H22N4O3. The number of aromatic nitrogens is 2. The zero-order valence-corrected chi connectivity index (χ0v) is 14.6. The van der Waals surface area contributed by atoms with Crippen molar-refractivity contribution in [1.82, 2.24) is 15.3 Å². The Hall–Kier alpha value is -2.80. The molecule has 1 aromatic heterocycles. The van der Waals surface area contributed by atoms with Gasteiger partial charge in [0.05, 0.1) is 0 Å². The molecule has 0 saturated carbocycles. The van der Waals surface area contributed by atoms with Gasteiger partial charge in [-0.2, -0.15) is 0 Å². The summed E-state index contributed by atoms with van der Waals surface area (Å²) in [7, 11) is 1.62. The van der Waals surface area contributed by atoms with Gasteiger partial charge >= 0.3 is 0 Å². The second-order valence-electron chi connectivity index (χ2n) is 5.58. The highest BCUT2D eigenvalue weighted by atomic mass is 16.5. The lowest BCUT2D eigenvalue weighted by Crippen LogP contribution is -2.26. The van der Waals surface area contributed by atoms with Gasteiger partial charge < -0.3 is 15.4 Å². The van der Waals surface area contributed by atoms with Crippen molar-refractivity contribution in [3.8, 4) is 0 Å². The summed E-state index contributed by atoms with van der Waals surface area (Å²) in [6.45, 7) is 4.42. The number of anilines is 2. The molecule has 0 aliphatic carbocycles. The minimum Gasteiger partial charge on any atom is -0.385 e. The highest BCUT2D eigenvalue weighted by Crippen LogP contribution is 2.15. The summed E-state index contributed by atoms with van der Waals surface area (Å²) in [5.74, 6) is 0.0833. The maximum absolute atomic E-state index is 12.2. The highest BCUT2D eigenvalue weighted by molar-refractivity contribution is 5.94. The van der Waals surface area contributed by atoms with E-state index in [9.17, 15) is 9.59 Å². The molecule has 7 nitrogen and oxygen atoms in total. The van der Waals surface area contributed by atoms with Crippen LogP contribution in [-0.4, -0.2) is 41.9 Å². The maximum atomic E-state index is 12.2. The molecule has 0 saturated heterocycles. The molecule has 0 aliphatic heterocycles. The Balaban J connectivity index is 2.07. The predicted molar refractivity (Wildman–Crippen MR) is 95.3 cm³/mol. The van der Waals surface area contributed by atoms with E-state index in [1.165, 1.54) is 6.92 Å². The Morgan fingerprint density at radius 3 is 2.52 bits per heavy atom. The van der Waals surface area contributed by atoms with Crippen LogP contribution in [-0.2, 0) is 4.74 Å². The van der Waals surface area contributed by atoms with E-state index >= 15 is 0 Å². The lowest BCUT2D eigenvalue weighted by atomic mass is 10.1. The summed E-state index contributed by atoms with van der Waals surface area (Å²) >= 11 is 0. The zero-order chi connectivity index (χ0) is 18.2. The largest absolute Gasteiger partial charge is 0.385 e. The van der Waals surface area contributed by atoms with Crippen LogP contribution in [0, 0.1) is 6.92 Å². The average Bonchev–Trinajstić information content (AvgIpc) is 2.58. The standard InChI is InChI=1S/C18H22N4O3/c1-12-11-16(17(24)19-9-4-10-25-3)22-18(20-12)21-15-7-5-14(6-8-15)13(2)23/h5-8,11H,4,9-10H2,1-3H3,(H,19,24)(H,20,21,22). The first-order valence-electron chi connectivity index (χ1n) is 8.00. The molecule has 0 bridgehead atoms. The molecule has 0 spiro atoms. The number of hydrogen-bond acceptors (Lipinski definition) is 6. The Morgan fingerprint density at radius 1 is 1.16 bits per heavy atom. The van der Waals surface area contributed by atoms with Gasteiger partial charge in [-0.3, -0.25) is 9.59 Å². The van der Waals surface area contributed by atoms with E-state index in [0.717, 1.165) is 12.1 Å². The van der Waals surface area contributed by atoms with Gasteiger partial charge in [0, 0.05) is 37.2 Å². The third-order valence-electron chi connectivity index (χ3n) is 3.45. The van der Waals surface area contributed by atoms with Crippen LogP contribution in [0.15, 0.2) is 30.3 Å². The van der Waals surface area contributed by atoms with Crippen molar-refractivity contribution < 1.29 is 14.3 Å². The number of ether oxygens (including phenoxy) is 1. The Bertz CT molecular complexity index is 744. The topological polar surface area (TPSA) is 93.2 Å². The van der Waals surface area contributed by atoms with E-state index in [4.69, 9.17) is 4.74 Å². The number of nitrogens with one attached hydrogen (secondary N) is 2. The molecule has 0 fully saturated rings. The fourth-order valence-electron chi connectivity index (χ4n) is 2.17. The first-order chi connectivity index (χ1) is 12.0. The van der Waals surface area contributed by atoms with E-state index in [-0.39, 0.29) is 11.7 Å². The molecule has 7 heteroatoms. The van der Waals surface area contributed by atoms with Gasteiger partial charge in [0.15, 0.2) is 5.78 Å². The molecule has 2 rings (SSSR count). The van der Waals surface area contributed by atoms with Gasteiger partial charge in [-0.15, -0.1) is 0 Å². The number of methoxy groups -OCH3 is 1. The van der Waals surface area contributed by atoms with Crippen LogP contribution in [0.4, 0.5) is 11.6 Å². The maximum Gasteiger partial charge on any atom is 0.270 e. The van der Waals surface area contributed by atoms with Crippen molar-refractivity contribution in [3.63, 3.8) is 0 Å². The summed E-state index contributed by atoms with van der Waals surface area (Å²) < 4.78 is 4.95. The van der Waals surface area contributed by atoms with Crippen molar-refractivity contribution in [1.29, 1.82) is 0 Å². The predicted octanol–water partition coefficient (Wildman–Crippen LogP) is 2.50. The van der Waals surface area contributed by atoms with Gasteiger partial charge in [0.25, 0.3) is 5.91 Å². The number of rotatable bonds is 8. The number of hydrogen-bond donors (Lipinski definition) is 2. The van der Waals surface area contributed by atoms with Gasteiger partial charge in [-0.25, -0.2) is 9.97 Å². The lowest BCUT2D eigenvalue weighted by molar-refractivity contribution is 0.0942. The fourth-order valence-corrected chi connectivity index (χ4v) is 2.17. The van der Waals surface area contributed by atoms with Crippen LogP contribution >= 0.6 is 0 Å². The lowest BCUT2D eigenvalue weighted by Gasteiger charge is -2.09. The van der Waals surface area contributed by atoms with Crippen LogP contribution in [0.1, 0.15) is 39.9 Å². The molecule has 25 heavy (non-hydrogen) atoms. The quantitative estimate of drug-likeness (QED) is 0.565. The number of carbonyl (C=O) groups excluding carboxylic acids is 2. The van der Waals surface area contributed by atoms with Crippen molar-refractivity contribution >= 4 is 23.3 Å². The second-order valence-corrected chi connectivity index (χ2v) is 5.58. The SMILES string of the molecule is COCCCNC(=O)c1cc(C)nc(Nc2ccc(C(C)=O)cc2)n1. The molecule has 1 amide bonds. The molecule has 0 aliphatic rings. The molecule has 1 heterocycles. The normalized spacial score (nSPS) is 10.4. The Morgan fingerprint density at radius 2 is 1.88 bits per heavy atom. The van der Waals surface area contributed by atoms with Crippen molar-refractivity contribution in [2.24, 2.45) is 0 Å². The summed E-state index contributed by atoms with van der Waals surface area (Å²) in [5, 5.41) is 5.85. The first-order valence-corrected chi connectivity index (χ1v) is 8.00. The van der Waals surface area contributed by atoms with E-state index in [0.29, 0.717) is 36.1 Å². The Labute approximate surface area is 146 Å². The number of nitrogens with zero attached hydrogens (tertiary/aromatic N) is 2. The van der Waals surface area contributed by atoms with Crippen LogP contribution in [0.5, 0.6) is 0 Å². The van der Waals surface area contributed by atoms with Gasteiger partial charge in [-0.05, 0) is 50.6 Å². The van der Waals surface area contributed by atoms with E-state index in [1.807, 2.05) is 0 Å². The summed E-state index contributed by atoms with van der Waals surface area (Å²) in [4.78, 5) is 32.0. The van der Waals surface area contributed by atoms with Crippen LogP contribution < -0.4 is 10.6 Å². The fraction of sp³-hybridized carbons (Fsp3) is 0.333. The average molecular weight is 342 g/mol. The summed E-state index contributed by atoms with van der Waals surface area (Å²) in [6.07, 6.45) is 0.736.